The maximum absolute atomic E-state index is 12.4. The Hall–Kier alpha value is -2.64. The number of hydrogen-bond donors (Lipinski definition) is 1. The molecule has 0 saturated heterocycles. The van der Waals surface area contributed by atoms with Crippen LogP contribution in [-0.4, -0.2) is 48.3 Å². The Kier molecular flexibility index (Phi) is 7.29. The summed E-state index contributed by atoms with van der Waals surface area (Å²) in [5.74, 6) is -0.607. The molecule has 1 aromatic carbocycles. The predicted octanol–water partition coefficient (Wildman–Crippen LogP) is 3.71. The summed E-state index contributed by atoms with van der Waals surface area (Å²) < 4.78 is 55.1. The van der Waals surface area contributed by atoms with Crippen molar-refractivity contribution in [3.05, 3.63) is 46.1 Å². The molecule has 1 aliphatic heterocycles. The van der Waals surface area contributed by atoms with Crippen molar-refractivity contribution in [1.82, 2.24) is 14.9 Å². The van der Waals surface area contributed by atoms with Crippen LogP contribution >= 0.6 is 0 Å². The number of hydrogen-bond acceptors (Lipinski definition) is 7. The molecule has 0 unspecified atom stereocenters. The first kappa shape index (κ1) is 26.0. The van der Waals surface area contributed by atoms with Gasteiger partial charge in [0, 0.05) is 18.1 Å². The van der Waals surface area contributed by atoms with Gasteiger partial charge in [-0.15, -0.1) is 13.2 Å². The Bertz CT molecular complexity index is 1010. The van der Waals surface area contributed by atoms with Gasteiger partial charge in [-0.25, -0.2) is 0 Å². The Morgan fingerprint density at radius 3 is 2.44 bits per heavy atom. The summed E-state index contributed by atoms with van der Waals surface area (Å²) in [5.41, 5.74) is 0.0200. The average molecular weight is 503 g/mol. The number of nitro groups is 1. The third-order valence-corrected chi connectivity index (χ3v) is 6.95. The molecule has 2 heterocycles. The first-order chi connectivity index (χ1) is 15.6. The fourth-order valence-corrected chi connectivity index (χ4v) is 4.51. The van der Waals surface area contributed by atoms with Gasteiger partial charge in [0.1, 0.15) is 18.1 Å². The molecule has 0 saturated carbocycles. The Morgan fingerprint density at radius 1 is 1.24 bits per heavy atom. The van der Waals surface area contributed by atoms with Crippen LogP contribution in [0.5, 0.6) is 11.8 Å². The summed E-state index contributed by atoms with van der Waals surface area (Å²) in [7, 11) is -0.938. The van der Waals surface area contributed by atoms with Gasteiger partial charge < -0.3 is 29.3 Å². The number of fused-ring (bicyclic) bond motifs is 1. The average Bonchev–Trinajstić information content (AvgIpc) is 3.13. The minimum atomic E-state index is -4.75. The number of benzene rings is 1. The highest BCUT2D eigenvalue weighted by Crippen LogP contribution is 2.33. The van der Waals surface area contributed by atoms with Crippen molar-refractivity contribution >= 4 is 15.6 Å². The Balaban J connectivity index is 1.77. The van der Waals surface area contributed by atoms with Crippen molar-refractivity contribution in [3.63, 3.8) is 0 Å². The van der Waals surface area contributed by atoms with Gasteiger partial charge in [0.25, 0.3) is 0 Å². The van der Waals surface area contributed by atoms with Crippen molar-refractivity contribution in [2.24, 2.45) is 0 Å². The molecule has 0 fully saturated rings. The van der Waals surface area contributed by atoms with Crippen LogP contribution in [-0.2, 0) is 17.5 Å². The second-order valence-corrected chi connectivity index (χ2v) is 12.7. The fourth-order valence-electron chi connectivity index (χ4n) is 3.54. The van der Waals surface area contributed by atoms with Gasteiger partial charge in [0.15, 0.2) is 9.76 Å². The van der Waals surface area contributed by atoms with Gasteiger partial charge in [-0.05, 0) is 41.5 Å². The van der Waals surface area contributed by atoms with Gasteiger partial charge in [-0.3, -0.25) is 4.57 Å². The maximum Gasteiger partial charge on any atom is 0.573 e. The smallest absolute Gasteiger partial charge is 0.438 e. The Morgan fingerprint density at radius 2 is 1.88 bits per heavy atom. The lowest BCUT2D eigenvalue weighted by Gasteiger charge is -2.42. The summed E-state index contributed by atoms with van der Waals surface area (Å²) in [4.78, 5) is 14.6. The van der Waals surface area contributed by atoms with E-state index in [1.807, 2.05) is 13.8 Å². The van der Waals surface area contributed by atoms with Gasteiger partial charge in [-0.2, -0.15) is 0 Å². The lowest BCUT2D eigenvalue weighted by atomic mass is 9.93. The number of ether oxygens (including phenoxy) is 2. The molecule has 0 radical (unpaired) electrons. The molecule has 9 nitrogen and oxygen atoms in total. The molecule has 3 rings (SSSR count). The summed E-state index contributed by atoms with van der Waals surface area (Å²) in [6.07, 6.45) is -3.94. The topological polar surface area (TPSA) is 101 Å². The number of nitrogens with one attached hydrogen (secondary N) is 1. The van der Waals surface area contributed by atoms with E-state index >= 15 is 0 Å². The zero-order valence-corrected chi connectivity index (χ0v) is 21.1. The minimum absolute atomic E-state index is 0.0480. The van der Waals surface area contributed by atoms with Crippen molar-refractivity contribution < 1.29 is 32.0 Å². The second kappa shape index (κ2) is 9.54. The van der Waals surface area contributed by atoms with E-state index in [0.717, 1.165) is 5.56 Å². The van der Waals surface area contributed by atoms with Crippen LogP contribution in [0.4, 0.5) is 19.0 Å². The first-order valence-corrected chi connectivity index (χ1v) is 12.0. The SMILES string of the molecule is CC(C)(C)[SiH2]OC(C)(C)[C@@H]1Oc2nc([N+](=O)[O-])cn2C[C@@H]1NCc1ccc(OC(F)(F)F)cc1. The molecule has 2 aromatic rings. The highest BCUT2D eigenvalue weighted by atomic mass is 28.2. The van der Waals surface area contributed by atoms with E-state index in [9.17, 15) is 23.3 Å². The molecular weight excluding hydrogens is 473 g/mol. The molecule has 0 amide bonds. The molecule has 2 atom stereocenters. The monoisotopic (exact) mass is 502 g/mol. The van der Waals surface area contributed by atoms with Gasteiger partial charge in [0.2, 0.25) is 0 Å². The predicted molar refractivity (Wildman–Crippen MR) is 120 cm³/mol. The van der Waals surface area contributed by atoms with Crippen LogP contribution < -0.4 is 14.8 Å². The molecule has 1 N–H and O–H groups in total. The second-order valence-electron chi connectivity index (χ2n) is 9.96. The molecule has 1 aliphatic rings. The molecule has 1 aromatic heterocycles. The maximum atomic E-state index is 12.4. The van der Waals surface area contributed by atoms with Crippen LogP contribution in [0.2, 0.25) is 5.04 Å². The van der Waals surface area contributed by atoms with Crippen LogP contribution in [0, 0.1) is 10.1 Å². The van der Waals surface area contributed by atoms with Crippen molar-refractivity contribution in [1.29, 1.82) is 0 Å². The van der Waals surface area contributed by atoms with E-state index in [4.69, 9.17) is 9.16 Å². The summed E-state index contributed by atoms with van der Waals surface area (Å²) in [6, 6.07) is 5.41. The first-order valence-electron chi connectivity index (χ1n) is 10.7. The zero-order chi connectivity index (χ0) is 25.3. The fraction of sp³-hybridized carbons (Fsp3) is 0.571. The highest BCUT2D eigenvalue weighted by Gasteiger charge is 2.44. The highest BCUT2D eigenvalue weighted by molar-refractivity contribution is 6.31. The lowest BCUT2D eigenvalue weighted by Crippen LogP contribution is -2.59. The molecular formula is C21H29F3N4O5Si. The molecule has 188 valence electrons. The molecule has 0 bridgehead atoms. The standard InChI is InChI=1S/C21H29F3N4O5Si/c1-19(2,3)34-33-20(4,5)17-15(11-27-12-16(28(29)30)26-18(27)31-17)25-10-13-6-8-14(9-7-13)32-21(22,23)24/h6-9,12,15,17,25H,10-11,34H2,1-5H3/t15-,17+/m0/s1. The largest absolute Gasteiger partial charge is 0.573 e. The third-order valence-electron chi connectivity index (χ3n) is 5.19. The number of nitrogens with zero attached hydrogens (tertiary/aromatic N) is 3. The van der Waals surface area contributed by atoms with E-state index in [1.54, 1.807) is 4.57 Å². The summed E-state index contributed by atoms with van der Waals surface area (Å²) >= 11 is 0. The summed E-state index contributed by atoms with van der Waals surface area (Å²) in [6.45, 7) is 10.8. The van der Waals surface area contributed by atoms with E-state index < -0.39 is 32.8 Å². The number of halogens is 3. The minimum Gasteiger partial charge on any atom is -0.438 e. The van der Waals surface area contributed by atoms with Crippen molar-refractivity contribution in [2.75, 3.05) is 0 Å². The van der Waals surface area contributed by atoms with Crippen LogP contribution in [0.15, 0.2) is 30.5 Å². The Labute approximate surface area is 197 Å². The third kappa shape index (κ3) is 6.93. The van der Waals surface area contributed by atoms with Crippen LogP contribution in [0.3, 0.4) is 0 Å². The van der Waals surface area contributed by atoms with E-state index in [1.165, 1.54) is 30.5 Å². The van der Waals surface area contributed by atoms with Crippen LogP contribution in [0.25, 0.3) is 0 Å². The molecule has 0 spiro atoms. The quantitative estimate of drug-likeness (QED) is 0.334. The van der Waals surface area contributed by atoms with E-state index in [0.29, 0.717) is 13.1 Å². The van der Waals surface area contributed by atoms with Gasteiger partial charge in [-0.1, -0.05) is 32.9 Å². The zero-order valence-electron chi connectivity index (χ0n) is 19.7. The molecule has 34 heavy (non-hydrogen) atoms. The van der Waals surface area contributed by atoms with E-state index in [2.05, 4.69) is 35.8 Å². The summed E-state index contributed by atoms with van der Waals surface area (Å²) in [5, 5.41) is 14.6. The lowest BCUT2D eigenvalue weighted by molar-refractivity contribution is -0.389. The molecule has 13 heteroatoms. The van der Waals surface area contributed by atoms with Crippen molar-refractivity contribution in [2.45, 2.75) is 76.9 Å². The van der Waals surface area contributed by atoms with E-state index in [-0.39, 0.29) is 28.7 Å². The number of rotatable bonds is 8. The van der Waals surface area contributed by atoms with Gasteiger partial charge in [0.05, 0.1) is 11.6 Å². The van der Waals surface area contributed by atoms with Crippen molar-refractivity contribution in [3.8, 4) is 11.8 Å². The number of aromatic nitrogens is 2. The number of alkyl halides is 3. The van der Waals surface area contributed by atoms with Crippen LogP contribution in [0.1, 0.15) is 40.2 Å². The molecule has 0 aliphatic carbocycles. The normalized spacial score (nSPS) is 19.2. The number of imidazole rings is 1. The van der Waals surface area contributed by atoms with Gasteiger partial charge >= 0.3 is 18.2 Å².